The minimum Gasteiger partial charge on any atom is -0.428 e. The van der Waals surface area contributed by atoms with Gasteiger partial charge < -0.3 is 10.5 Å². The van der Waals surface area contributed by atoms with E-state index >= 15 is 0 Å². The van der Waals surface area contributed by atoms with Gasteiger partial charge in [0.1, 0.15) is 11.6 Å². The van der Waals surface area contributed by atoms with Crippen LogP contribution in [0.3, 0.4) is 0 Å². The number of nitrogens with zero attached hydrogens (tertiary/aromatic N) is 2. The SMILES string of the molecule is Cc1nsc(Oc2ccc(N)cc2Cl)n1. The van der Waals surface area contributed by atoms with Gasteiger partial charge in [-0.1, -0.05) is 11.6 Å². The molecule has 0 saturated carbocycles. The zero-order valence-corrected chi connectivity index (χ0v) is 9.47. The largest absolute Gasteiger partial charge is 0.428 e. The lowest BCUT2D eigenvalue weighted by atomic mass is 10.3. The zero-order chi connectivity index (χ0) is 10.8. The zero-order valence-electron chi connectivity index (χ0n) is 7.90. The maximum absolute atomic E-state index is 5.94. The number of ether oxygens (including phenoxy) is 1. The van der Waals surface area contributed by atoms with Gasteiger partial charge in [-0.2, -0.15) is 9.36 Å². The molecule has 0 saturated heterocycles. The summed E-state index contributed by atoms with van der Waals surface area (Å²) in [4.78, 5) is 4.06. The summed E-state index contributed by atoms with van der Waals surface area (Å²) in [5.74, 6) is 1.21. The lowest BCUT2D eigenvalue weighted by Crippen LogP contribution is -1.88. The Kier molecular flexibility index (Phi) is 2.75. The number of hydrogen-bond donors (Lipinski definition) is 1. The van der Waals surface area contributed by atoms with Crippen LogP contribution in [0.1, 0.15) is 5.82 Å². The van der Waals surface area contributed by atoms with Crippen LogP contribution in [0, 0.1) is 6.92 Å². The molecule has 1 heterocycles. The quantitative estimate of drug-likeness (QED) is 0.822. The van der Waals surface area contributed by atoms with Crippen LogP contribution in [0.2, 0.25) is 5.02 Å². The standard InChI is InChI=1S/C9H8ClN3OS/c1-5-12-9(15-13-5)14-8-3-2-6(11)4-7(8)10/h2-4H,11H2,1H3. The number of nitrogens with two attached hydrogens (primary N) is 1. The molecular formula is C9H8ClN3OS. The molecule has 0 aliphatic rings. The summed E-state index contributed by atoms with van der Waals surface area (Å²) in [5, 5.41) is 0.932. The molecule has 1 aromatic heterocycles. The fraction of sp³-hybridized carbons (Fsp3) is 0.111. The Morgan fingerprint density at radius 3 is 2.87 bits per heavy atom. The fourth-order valence-corrected chi connectivity index (χ4v) is 1.79. The molecule has 2 rings (SSSR count). The maximum Gasteiger partial charge on any atom is 0.298 e. The van der Waals surface area contributed by atoms with Crippen molar-refractivity contribution >= 4 is 28.8 Å². The molecule has 1 aromatic carbocycles. The second-order valence-electron chi connectivity index (χ2n) is 2.90. The van der Waals surface area contributed by atoms with E-state index in [1.54, 1.807) is 25.1 Å². The number of rotatable bonds is 2. The Labute approximate surface area is 95.8 Å². The molecule has 6 heteroatoms. The van der Waals surface area contributed by atoms with E-state index in [1.807, 2.05) is 0 Å². The van der Waals surface area contributed by atoms with Gasteiger partial charge >= 0.3 is 0 Å². The first-order valence-electron chi connectivity index (χ1n) is 4.18. The molecule has 0 fully saturated rings. The van der Waals surface area contributed by atoms with Crippen LogP contribution in [-0.2, 0) is 0 Å². The number of hydrogen-bond acceptors (Lipinski definition) is 5. The van der Waals surface area contributed by atoms with Crippen LogP contribution >= 0.6 is 23.1 Å². The van der Waals surface area contributed by atoms with Crippen molar-refractivity contribution in [1.29, 1.82) is 0 Å². The first kappa shape index (κ1) is 10.2. The molecule has 0 bridgehead atoms. The Balaban J connectivity index is 2.24. The molecule has 2 N–H and O–H groups in total. The number of anilines is 1. The highest BCUT2D eigenvalue weighted by Gasteiger charge is 2.06. The van der Waals surface area contributed by atoms with Gasteiger partial charge in [-0.05, 0) is 25.1 Å². The third-order valence-electron chi connectivity index (χ3n) is 1.66. The number of nitrogen functional groups attached to an aromatic ring is 1. The summed E-state index contributed by atoms with van der Waals surface area (Å²) < 4.78 is 9.44. The van der Waals surface area contributed by atoms with E-state index in [1.165, 1.54) is 11.5 Å². The van der Waals surface area contributed by atoms with Crippen LogP contribution < -0.4 is 10.5 Å². The van der Waals surface area contributed by atoms with Crippen LogP contribution in [0.5, 0.6) is 10.9 Å². The number of benzene rings is 1. The topological polar surface area (TPSA) is 61.0 Å². The summed E-state index contributed by atoms with van der Waals surface area (Å²) in [7, 11) is 0. The third kappa shape index (κ3) is 2.37. The predicted molar refractivity (Wildman–Crippen MR) is 60.6 cm³/mol. The molecule has 0 spiro atoms. The number of aryl methyl sites for hydroxylation is 1. The highest BCUT2D eigenvalue weighted by Crippen LogP contribution is 2.31. The van der Waals surface area contributed by atoms with Gasteiger partial charge in [0.25, 0.3) is 5.19 Å². The van der Waals surface area contributed by atoms with E-state index in [4.69, 9.17) is 22.1 Å². The molecule has 15 heavy (non-hydrogen) atoms. The van der Waals surface area contributed by atoms with E-state index in [0.717, 1.165) is 0 Å². The molecule has 0 aliphatic heterocycles. The Morgan fingerprint density at radius 2 is 2.27 bits per heavy atom. The van der Waals surface area contributed by atoms with Crippen molar-refractivity contribution in [2.24, 2.45) is 0 Å². The van der Waals surface area contributed by atoms with Gasteiger partial charge in [0.2, 0.25) is 0 Å². The van der Waals surface area contributed by atoms with Crippen LogP contribution in [0.4, 0.5) is 5.69 Å². The van der Waals surface area contributed by atoms with Crippen LogP contribution in [0.15, 0.2) is 18.2 Å². The lowest BCUT2D eigenvalue weighted by molar-refractivity contribution is 0.478. The molecule has 0 amide bonds. The molecule has 4 nitrogen and oxygen atoms in total. The fourth-order valence-electron chi connectivity index (χ4n) is 1.01. The minimum atomic E-state index is 0.461. The molecule has 0 radical (unpaired) electrons. The number of aromatic nitrogens is 2. The summed E-state index contributed by atoms with van der Waals surface area (Å²) in [5.41, 5.74) is 6.16. The summed E-state index contributed by atoms with van der Waals surface area (Å²) in [6, 6.07) is 5.05. The van der Waals surface area contributed by atoms with E-state index in [9.17, 15) is 0 Å². The Hall–Kier alpha value is -1.33. The second kappa shape index (κ2) is 4.04. The Bertz CT molecular complexity index is 486. The average Bonchev–Trinajstić information content (AvgIpc) is 2.56. The maximum atomic E-state index is 5.94. The summed E-state index contributed by atoms with van der Waals surface area (Å²) in [6.07, 6.45) is 0. The summed E-state index contributed by atoms with van der Waals surface area (Å²) >= 11 is 7.12. The molecular weight excluding hydrogens is 234 g/mol. The second-order valence-corrected chi connectivity index (χ2v) is 4.02. The molecule has 0 unspecified atom stereocenters. The van der Waals surface area contributed by atoms with Gasteiger partial charge in [0.15, 0.2) is 0 Å². The first-order chi connectivity index (χ1) is 7.15. The molecule has 2 aromatic rings. The monoisotopic (exact) mass is 241 g/mol. The van der Waals surface area contributed by atoms with Crippen molar-refractivity contribution in [2.75, 3.05) is 5.73 Å². The molecule has 0 aliphatic carbocycles. The predicted octanol–water partition coefficient (Wildman–Crippen LogP) is 2.87. The highest BCUT2D eigenvalue weighted by molar-refractivity contribution is 7.07. The van der Waals surface area contributed by atoms with E-state index < -0.39 is 0 Å². The van der Waals surface area contributed by atoms with Crippen molar-refractivity contribution in [3.8, 4) is 10.9 Å². The van der Waals surface area contributed by atoms with Gasteiger partial charge in [0.05, 0.1) is 5.02 Å². The van der Waals surface area contributed by atoms with Crippen LogP contribution in [0.25, 0.3) is 0 Å². The smallest absolute Gasteiger partial charge is 0.298 e. The number of halogens is 1. The third-order valence-corrected chi connectivity index (χ3v) is 2.64. The minimum absolute atomic E-state index is 0.461. The van der Waals surface area contributed by atoms with Crippen molar-refractivity contribution in [1.82, 2.24) is 9.36 Å². The van der Waals surface area contributed by atoms with Crippen molar-refractivity contribution in [2.45, 2.75) is 6.92 Å². The van der Waals surface area contributed by atoms with Gasteiger partial charge in [-0.25, -0.2) is 0 Å². The van der Waals surface area contributed by atoms with Crippen molar-refractivity contribution < 1.29 is 4.74 Å². The summed E-state index contributed by atoms with van der Waals surface area (Å²) in [6.45, 7) is 1.80. The van der Waals surface area contributed by atoms with E-state index in [2.05, 4.69) is 9.36 Å². The highest BCUT2D eigenvalue weighted by atomic mass is 35.5. The normalized spacial score (nSPS) is 10.3. The van der Waals surface area contributed by atoms with E-state index in [0.29, 0.717) is 27.5 Å². The Morgan fingerprint density at radius 1 is 1.47 bits per heavy atom. The lowest BCUT2D eigenvalue weighted by Gasteiger charge is -2.03. The van der Waals surface area contributed by atoms with E-state index in [-0.39, 0.29) is 0 Å². The molecule has 0 atom stereocenters. The van der Waals surface area contributed by atoms with Gasteiger partial charge in [0, 0.05) is 17.2 Å². The van der Waals surface area contributed by atoms with Crippen molar-refractivity contribution in [3.05, 3.63) is 29.0 Å². The van der Waals surface area contributed by atoms with Gasteiger partial charge in [-0.3, -0.25) is 0 Å². The average molecular weight is 242 g/mol. The molecule has 78 valence electrons. The first-order valence-corrected chi connectivity index (χ1v) is 5.33. The van der Waals surface area contributed by atoms with Gasteiger partial charge in [-0.15, -0.1) is 0 Å². The van der Waals surface area contributed by atoms with Crippen molar-refractivity contribution in [3.63, 3.8) is 0 Å². The van der Waals surface area contributed by atoms with Crippen LogP contribution in [-0.4, -0.2) is 9.36 Å².